The zero-order chi connectivity index (χ0) is 11.8. The van der Waals surface area contributed by atoms with Crippen molar-refractivity contribution in [3.63, 3.8) is 0 Å². The van der Waals surface area contributed by atoms with Gasteiger partial charge in [-0.3, -0.25) is 4.90 Å². The van der Waals surface area contributed by atoms with Crippen molar-refractivity contribution in [1.29, 1.82) is 0 Å². The van der Waals surface area contributed by atoms with E-state index < -0.39 is 0 Å². The third-order valence-corrected chi connectivity index (χ3v) is 5.09. The molecule has 2 heterocycles. The van der Waals surface area contributed by atoms with Crippen molar-refractivity contribution in [3.8, 4) is 0 Å². The highest BCUT2D eigenvalue weighted by Crippen LogP contribution is 2.42. The highest BCUT2D eigenvalue weighted by atomic mass is 16.5. The largest absolute Gasteiger partial charge is 0.378 e. The molecule has 0 aromatic carbocycles. The summed E-state index contributed by atoms with van der Waals surface area (Å²) >= 11 is 0. The number of fused-ring (bicyclic) bond motifs is 2. The van der Waals surface area contributed by atoms with Crippen LogP contribution in [-0.4, -0.2) is 48.8 Å². The van der Waals surface area contributed by atoms with Crippen LogP contribution in [0.4, 0.5) is 0 Å². The van der Waals surface area contributed by atoms with E-state index in [1.54, 1.807) is 0 Å². The molecule has 2 bridgehead atoms. The molecule has 3 nitrogen and oxygen atoms in total. The second kappa shape index (κ2) is 4.87. The van der Waals surface area contributed by atoms with Gasteiger partial charge in [-0.1, -0.05) is 0 Å². The highest BCUT2D eigenvalue weighted by Gasteiger charge is 2.47. The molecular weight excluding hydrogens is 212 g/mol. The van der Waals surface area contributed by atoms with Gasteiger partial charge in [0, 0.05) is 30.8 Å². The normalized spacial score (nSPS) is 45.9. The summed E-state index contributed by atoms with van der Waals surface area (Å²) in [7, 11) is 2.12. The van der Waals surface area contributed by atoms with Crippen LogP contribution >= 0.6 is 0 Å². The van der Waals surface area contributed by atoms with Crippen LogP contribution < -0.4 is 5.32 Å². The van der Waals surface area contributed by atoms with E-state index in [4.69, 9.17) is 4.74 Å². The van der Waals surface area contributed by atoms with Gasteiger partial charge in [-0.25, -0.2) is 0 Å². The summed E-state index contributed by atoms with van der Waals surface area (Å²) < 4.78 is 5.69. The first-order valence-electron chi connectivity index (χ1n) is 7.38. The van der Waals surface area contributed by atoms with Gasteiger partial charge in [-0.2, -0.15) is 0 Å². The van der Waals surface area contributed by atoms with Crippen molar-refractivity contribution < 1.29 is 4.74 Å². The molecule has 3 fully saturated rings. The van der Waals surface area contributed by atoms with Gasteiger partial charge in [0.25, 0.3) is 0 Å². The highest BCUT2D eigenvalue weighted by molar-refractivity contribution is 5.03. The van der Waals surface area contributed by atoms with Crippen LogP contribution in [0.1, 0.15) is 45.4 Å². The van der Waals surface area contributed by atoms with Gasteiger partial charge in [0.15, 0.2) is 0 Å². The SMILES string of the molecule is CCOC1CC(N2C3CCC2CC(NC)C3)C1. The maximum Gasteiger partial charge on any atom is 0.0604 e. The Hall–Kier alpha value is -0.120. The Kier molecular flexibility index (Phi) is 3.42. The van der Waals surface area contributed by atoms with Gasteiger partial charge in [0.05, 0.1) is 6.10 Å². The molecule has 2 saturated heterocycles. The van der Waals surface area contributed by atoms with E-state index in [0.717, 1.165) is 30.8 Å². The van der Waals surface area contributed by atoms with Gasteiger partial charge in [0.1, 0.15) is 0 Å². The maximum absolute atomic E-state index is 5.69. The summed E-state index contributed by atoms with van der Waals surface area (Å²) in [6.07, 6.45) is 8.71. The minimum Gasteiger partial charge on any atom is -0.378 e. The first kappa shape index (κ1) is 11.9. The average molecular weight is 238 g/mol. The first-order chi connectivity index (χ1) is 8.31. The van der Waals surface area contributed by atoms with Crippen LogP contribution in [0.3, 0.4) is 0 Å². The van der Waals surface area contributed by atoms with Gasteiger partial charge in [-0.15, -0.1) is 0 Å². The Morgan fingerprint density at radius 2 is 1.71 bits per heavy atom. The van der Waals surface area contributed by atoms with Gasteiger partial charge in [-0.05, 0) is 52.5 Å². The molecule has 2 unspecified atom stereocenters. The van der Waals surface area contributed by atoms with Crippen LogP contribution in [0, 0.1) is 0 Å². The van der Waals surface area contributed by atoms with Crippen LogP contribution in [0.5, 0.6) is 0 Å². The molecule has 1 aliphatic carbocycles. The van der Waals surface area contributed by atoms with E-state index in [0.29, 0.717) is 6.10 Å². The van der Waals surface area contributed by atoms with E-state index in [1.807, 2.05) is 0 Å². The van der Waals surface area contributed by atoms with Crippen molar-refractivity contribution >= 4 is 0 Å². The van der Waals surface area contributed by atoms with Crippen molar-refractivity contribution in [2.24, 2.45) is 0 Å². The number of hydrogen-bond donors (Lipinski definition) is 1. The second-order valence-corrected chi connectivity index (χ2v) is 5.99. The smallest absolute Gasteiger partial charge is 0.0604 e. The fourth-order valence-corrected chi connectivity index (χ4v) is 4.20. The molecule has 0 aromatic rings. The average Bonchev–Trinajstić information content (AvgIpc) is 2.54. The van der Waals surface area contributed by atoms with Gasteiger partial charge in [0.2, 0.25) is 0 Å². The predicted octanol–water partition coefficient (Wildman–Crippen LogP) is 1.77. The van der Waals surface area contributed by atoms with E-state index >= 15 is 0 Å². The molecule has 1 saturated carbocycles. The Labute approximate surface area is 105 Å². The fourth-order valence-electron chi connectivity index (χ4n) is 4.20. The van der Waals surface area contributed by atoms with Gasteiger partial charge >= 0.3 is 0 Å². The molecule has 3 heteroatoms. The lowest BCUT2D eigenvalue weighted by Gasteiger charge is -2.49. The molecule has 2 atom stereocenters. The summed E-state index contributed by atoms with van der Waals surface area (Å²) in [5.41, 5.74) is 0. The lowest BCUT2D eigenvalue weighted by Crippen LogP contribution is -2.57. The molecule has 2 aliphatic heterocycles. The van der Waals surface area contributed by atoms with Crippen molar-refractivity contribution in [3.05, 3.63) is 0 Å². The van der Waals surface area contributed by atoms with Crippen LogP contribution in [0.25, 0.3) is 0 Å². The molecule has 1 N–H and O–H groups in total. The molecule has 0 radical (unpaired) electrons. The van der Waals surface area contributed by atoms with Crippen molar-refractivity contribution in [2.75, 3.05) is 13.7 Å². The Balaban J connectivity index is 1.56. The van der Waals surface area contributed by atoms with Crippen LogP contribution in [-0.2, 0) is 4.74 Å². The Morgan fingerprint density at radius 1 is 1.06 bits per heavy atom. The lowest BCUT2D eigenvalue weighted by molar-refractivity contribution is -0.0697. The standard InChI is InChI=1S/C14H26N2O/c1-3-17-14-8-13(9-14)16-11-4-5-12(16)7-10(6-11)15-2/h10-15H,3-9H2,1-2H3. The Bertz CT molecular complexity index is 251. The molecule has 3 rings (SSSR count). The first-order valence-corrected chi connectivity index (χ1v) is 7.38. The van der Waals surface area contributed by atoms with E-state index in [1.165, 1.54) is 38.5 Å². The van der Waals surface area contributed by atoms with Crippen LogP contribution in [0.15, 0.2) is 0 Å². The molecule has 0 aromatic heterocycles. The third-order valence-electron chi connectivity index (χ3n) is 5.09. The summed E-state index contributed by atoms with van der Waals surface area (Å²) in [4.78, 5) is 2.85. The van der Waals surface area contributed by atoms with E-state index in [9.17, 15) is 0 Å². The Morgan fingerprint density at radius 3 is 2.24 bits per heavy atom. The number of nitrogens with one attached hydrogen (secondary N) is 1. The molecule has 0 amide bonds. The molecule has 17 heavy (non-hydrogen) atoms. The minimum absolute atomic E-state index is 0.562. The van der Waals surface area contributed by atoms with E-state index in [-0.39, 0.29) is 0 Å². The lowest BCUT2D eigenvalue weighted by atomic mass is 9.84. The maximum atomic E-state index is 5.69. The van der Waals surface area contributed by atoms with Crippen molar-refractivity contribution in [2.45, 2.75) is 75.7 Å². The van der Waals surface area contributed by atoms with Crippen LogP contribution in [0.2, 0.25) is 0 Å². The molecule has 0 spiro atoms. The number of nitrogens with zero attached hydrogens (tertiary/aromatic N) is 1. The summed E-state index contributed by atoms with van der Waals surface area (Å²) in [5, 5.41) is 3.48. The second-order valence-electron chi connectivity index (χ2n) is 5.99. The quantitative estimate of drug-likeness (QED) is 0.808. The third kappa shape index (κ3) is 2.13. The minimum atomic E-state index is 0.562. The molecule has 98 valence electrons. The van der Waals surface area contributed by atoms with E-state index in [2.05, 4.69) is 24.2 Å². The number of hydrogen-bond acceptors (Lipinski definition) is 3. The topological polar surface area (TPSA) is 24.5 Å². The monoisotopic (exact) mass is 238 g/mol. The number of ether oxygens (including phenoxy) is 1. The number of rotatable bonds is 4. The molecular formula is C14H26N2O. The summed E-state index contributed by atoms with van der Waals surface area (Å²) in [5.74, 6) is 0. The summed E-state index contributed by atoms with van der Waals surface area (Å²) in [6, 6.07) is 3.32. The molecule has 3 aliphatic rings. The van der Waals surface area contributed by atoms with Gasteiger partial charge < -0.3 is 10.1 Å². The zero-order valence-electron chi connectivity index (χ0n) is 11.2. The van der Waals surface area contributed by atoms with Crippen molar-refractivity contribution in [1.82, 2.24) is 10.2 Å². The predicted molar refractivity (Wildman–Crippen MR) is 69.2 cm³/mol. The zero-order valence-corrected chi connectivity index (χ0v) is 11.2. The summed E-state index contributed by atoms with van der Waals surface area (Å²) in [6.45, 7) is 2.99. The number of piperidine rings is 1. The fraction of sp³-hybridized carbons (Fsp3) is 1.00.